The van der Waals surface area contributed by atoms with Crippen molar-refractivity contribution in [3.63, 3.8) is 0 Å². The molecule has 0 aliphatic heterocycles. The van der Waals surface area contributed by atoms with Crippen LogP contribution in [0.2, 0.25) is 39.3 Å². The van der Waals surface area contributed by atoms with Gasteiger partial charge in [-0.3, -0.25) is 0 Å². The first-order valence-electron chi connectivity index (χ1n) is 16.9. The third kappa shape index (κ3) is 8.78. The summed E-state index contributed by atoms with van der Waals surface area (Å²) in [5, 5.41) is 2.18. The molecule has 5 heteroatoms. The fourth-order valence-corrected chi connectivity index (χ4v) is 6.44. The summed E-state index contributed by atoms with van der Waals surface area (Å²) >= 11 is 0. The molecule has 0 saturated heterocycles. The van der Waals surface area contributed by atoms with Crippen molar-refractivity contribution in [2.75, 3.05) is 6.61 Å². The van der Waals surface area contributed by atoms with Gasteiger partial charge in [-0.2, -0.15) is 0 Å². The molecule has 242 valence electrons. The Bertz CT molecular complexity index is 2130. The molecule has 0 saturated carbocycles. The zero-order valence-electron chi connectivity index (χ0n) is 29.6. The van der Waals surface area contributed by atoms with Gasteiger partial charge in [0.2, 0.25) is 0 Å². The Labute approximate surface area is 288 Å². The Morgan fingerprint density at radius 3 is 1.73 bits per heavy atom. The topological polar surface area (TPSA) is 31.2 Å². The lowest BCUT2D eigenvalue weighted by atomic mass is 10.0. The first-order chi connectivity index (χ1) is 22.8. The molecule has 5 aromatic rings. The molecule has 0 unspecified atom stereocenters. The lowest BCUT2D eigenvalue weighted by Gasteiger charge is -2.09. The van der Waals surface area contributed by atoms with E-state index >= 15 is 0 Å². The van der Waals surface area contributed by atoms with E-state index in [0.717, 1.165) is 69.0 Å². The predicted octanol–water partition coefficient (Wildman–Crippen LogP) is 10.2. The van der Waals surface area contributed by atoms with Crippen LogP contribution in [0.4, 0.5) is 0 Å². The molecule has 0 radical (unpaired) electrons. The standard InChI is InChI=1S/C43H45NO2Si2/c1-9-11-33-16-20-41-39(30-33)40-31-37(43(45)46-24-10-2)17-21-42(40)44(41)38-18-14-32(15-19-38)12-13-34-27-35(22-25-47(3,4)5)29-36(28-34)23-26-48(6,7)8/h14-21,27-31H,9-11,24H2,1-8H3. The summed E-state index contributed by atoms with van der Waals surface area (Å²) in [7, 11) is -3.05. The third-order valence-corrected chi connectivity index (χ3v) is 9.36. The van der Waals surface area contributed by atoms with Gasteiger partial charge in [0, 0.05) is 38.7 Å². The number of nitrogens with zero attached hydrogens (tertiary/aromatic N) is 1. The first-order valence-corrected chi connectivity index (χ1v) is 23.9. The number of carbonyl (C=O) groups is 1. The van der Waals surface area contributed by atoms with Crippen LogP contribution >= 0.6 is 0 Å². The Kier molecular flexibility index (Phi) is 10.5. The van der Waals surface area contributed by atoms with Crippen LogP contribution in [-0.2, 0) is 11.2 Å². The number of fused-ring (bicyclic) bond motifs is 3. The second kappa shape index (κ2) is 14.6. The molecule has 0 amide bonds. The van der Waals surface area contributed by atoms with Crippen LogP contribution in [0.3, 0.4) is 0 Å². The predicted molar refractivity (Wildman–Crippen MR) is 208 cm³/mol. The molecule has 4 aromatic carbocycles. The average Bonchev–Trinajstić information content (AvgIpc) is 3.37. The molecule has 0 spiro atoms. The quantitative estimate of drug-likeness (QED) is 0.103. The highest BCUT2D eigenvalue weighted by Gasteiger charge is 2.16. The maximum absolute atomic E-state index is 12.8. The molecule has 48 heavy (non-hydrogen) atoms. The highest BCUT2D eigenvalue weighted by Crippen LogP contribution is 2.34. The number of rotatable bonds is 6. The number of ether oxygens (including phenoxy) is 1. The largest absolute Gasteiger partial charge is 0.462 e. The molecule has 0 fully saturated rings. The Hall–Kier alpha value is -4.74. The smallest absolute Gasteiger partial charge is 0.338 e. The van der Waals surface area contributed by atoms with Gasteiger partial charge in [0.25, 0.3) is 0 Å². The van der Waals surface area contributed by atoms with E-state index in [0.29, 0.717) is 12.2 Å². The minimum absolute atomic E-state index is 0.281. The van der Waals surface area contributed by atoms with Gasteiger partial charge in [-0.15, -0.1) is 11.1 Å². The van der Waals surface area contributed by atoms with Crippen molar-refractivity contribution in [3.8, 4) is 40.5 Å². The van der Waals surface area contributed by atoms with E-state index in [1.807, 2.05) is 25.1 Å². The summed E-state index contributed by atoms with van der Waals surface area (Å²) in [6.07, 6.45) is 2.88. The second-order valence-electron chi connectivity index (χ2n) is 14.4. The molecule has 0 N–H and O–H groups in total. The summed E-state index contributed by atoms with van der Waals surface area (Å²) < 4.78 is 7.72. The minimum atomic E-state index is -1.53. The van der Waals surface area contributed by atoms with Crippen LogP contribution in [0.5, 0.6) is 0 Å². The number of aryl methyl sites for hydroxylation is 1. The first kappa shape index (κ1) is 34.6. The summed E-state index contributed by atoms with van der Waals surface area (Å²) in [6.45, 7) is 18.1. The van der Waals surface area contributed by atoms with Crippen molar-refractivity contribution in [3.05, 3.63) is 112 Å². The number of aromatic nitrogens is 1. The fraction of sp³-hybridized carbons (Fsp3) is 0.279. The normalized spacial score (nSPS) is 11.2. The molecule has 0 atom stereocenters. The fourth-order valence-electron chi connectivity index (χ4n) is 5.40. The van der Waals surface area contributed by atoms with Crippen molar-refractivity contribution in [2.24, 2.45) is 0 Å². The number of carbonyl (C=O) groups excluding carboxylic acids is 1. The zero-order valence-corrected chi connectivity index (χ0v) is 31.6. The SMILES string of the molecule is CCCOC(=O)c1ccc2c(c1)c1cc(CCC)ccc1n2-c1ccc(C#Cc2cc(C#C[Si](C)(C)C)cc(C#C[Si](C)(C)C)c2)cc1. The third-order valence-electron chi connectivity index (χ3n) is 7.61. The van der Waals surface area contributed by atoms with Crippen LogP contribution in [0.25, 0.3) is 27.5 Å². The minimum Gasteiger partial charge on any atom is -0.462 e. The molecule has 5 rings (SSSR count). The van der Waals surface area contributed by atoms with Crippen molar-refractivity contribution >= 4 is 43.9 Å². The number of benzene rings is 4. The van der Waals surface area contributed by atoms with Gasteiger partial charge in [0.05, 0.1) is 23.2 Å². The van der Waals surface area contributed by atoms with Gasteiger partial charge in [-0.25, -0.2) is 4.79 Å². The van der Waals surface area contributed by atoms with Crippen LogP contribution in [0.1, 0.15) is 64.9 Å². The van der Waals surface area contributed by atoms with Gasteiger partial charge < -0.3 is 9.30 Å². The average molecular weight is 664 g/mol. The van der Waals surface area contributed by atoms with Crippen LogP contribution in [-0.4, -0.2) is 33.3 Å². The maximum atomic E-state index is 12.8. The van der Waals surface area contributed by atoms with Gasteiger partial charge in [-0.1, -0.05) is 89.3 Å². The van der Waals surface area contributed by atoms with E-state index in [4.69, 9.17) is 4.74 Å². The lowest BCUT2D eigenvalue weighted by Crippen LogP contribution is -2.16. The molecular weight excluding hydrogens is 619 g/mol. The Morgan fingerprint density at radius 2 is 1.17 bits per heavy atom. The van der Waals surface area contributed by atoms with E-state index in [2.05, 4.69) is 146 Å². The summed E-state index contributed by atoms with van der Waals surface area (Å²) in [5.41, 5.74) is 15.8. The van der Waals surface area contributed by atoms with E-state index in [1.54, 1.807) is 0 Å². The summed E-state index contributed by atoms with van der Waals surface area (Å²) in [5.74, 6) is 13.3. The van der Waals surface area contributed by atoms with Crippen LogP contribution < -0.4 is 0 Å². The van der Waals surface area contributed by atoms with Crippen molar-refractivity contribution < 1.29 is 9.53 Å². The maximum Gasteiger partial charge on any atom is 0.338 e. The van der Waals surface area contributed by atoms with Gasteiger partial charge in [0.15, 0.2) is 0 Å². The molecule has 1 aromatic heterocycles. The highest BCUT2D eigenvalue weighted by atomic mass is 28.3. The molecular formula is C43H45NO2Si2. The molecule has 0 aliphatic rings. The van der Waals surface area contributed by atoms with Crippen molar-refractivity contribution in [1.82, 2.24) is 4.57 Å². The van der Waals surface area contributed by atoms with Crippen LogP contribution in [0.15, 0.2) is 78.9 Å². The second-order valence-corrected chi connectivity index (χ2v) is 23.9. The van der Waals surface area contributed by atoms with Gasteiger partial charge >= 0.3 is 5.97 Å². The van der Waals surface area contributed by atoms with E-state index in [-0.39, 0.29) is 5.97 Å². The molecule has 0 aliphatic carbocycles. The van der Waals surface area contributed by atoms with Crippen molar-refractivity contribution in [2.45, 2.75) is 72.4 Å². The number of esters is 1. The molecule has 0 bridgehead atoms. The van der Waals surface area contributed by atoms with Crippen molar-refractivity contribution in [1.29, 1.82) is 0 Å². The highest BCUT2D eigenvalue weighted by molar-refractivity contribution is 6.84. The van der Waals surface area contributed by atoms with E-state index in [9.17, 15) is 4.79 Å². The van der Waals surface area contributed by atoms with Gasteiger partial charge in [0.1, 0.15) is 16.1 Å². The van der Waals surface area contributed by atoms with E-state index in [1.165, 1.54) is 5.56 Å². The Balaban J connectivity index is 1.53. The monoisotopic (exact) mass is 663 g/mol. The summed E-state index contributed by atoms with van der Waals surface area (Å²) in [4.78, 5) is 12.8. The van der Waals surface area contributed by atoms with E-state index < -0.39 is 16.1 Å². The van der Waals surface area contributed by atoms with Gasteiger partial charge in [-0.05, 0) is 91.2 Å². The molecule has 1 heterocycles. The zero-order chi connectivity index (χ0) is 34.5. The molecule has 3 nitrogen and oxygen atoms in total. The number of hydrogen-bond donors (Lipinski definition) is 0. The Morgan fingerprint density at radius 1 is 0.625 bits per heavy atom. The number of hydrogen-bond acceptors (Lipinski definition) is 2. The van der Waals surface area contributed by atoms with Crippen LogP contribution in [0, 0.1) is 34.8 Å². The lowest BCUT2D eigenvalue weighted by molar-refractivity contribution is 0.0505. The summed E-state index contributed by atoms with van der Waals surface area (Å²) in [6, 6.07) is 27.2.